The summed E-state index contributed by atoms with van der Waals surface area (Å²) in [4.78, 5) is 30.2. The summed E-state index contributed by atoms with van der Waals surface area (Å²) < 4.78 is 0. The molecule has 120 valence electrons. The third-order valence-corrected chi connectivity index (χ3v) is 3.56. The number of amides is 2. The fraction of sp³-hybridized carbons (Fsp3) is 0.0556. The summed E-state index contributed by atoms with van der Waals surface area (Å²) in [5.74, 6) is -0.680. The monoisotopic (exact) mass is 320 g/mol. The standard InChI is InChI=1S/C18H16N4O2/c1-11(23)22-14-6-4-12(5-7-14)16(17(19)24)9-13-10-21-18-15(13)3-2-8-20-18/h2-10H,1H3,(H2,19,24)(H,20,21)(H,22,23)/b16-9-. The number of benzene rings is 1. The molecule has 3 aromatic rings. The summed E-state index contributed by atoms with van der Waals surface area (Å²) >= 11 is 0. The minimum Gasteiger partial charge on any atom is -0.366 e. The van der Waals surface area contributed by atoms with E-state index in [1.54, 1.807) is 42.7 Å². The summed E-state index contributed by atoms with van der Waals surface area (Å²) in [6, 6.07) is 10.7. The molecule has 0 saturated carbocycles. The maximum atomic E-state index is 11.9. The van der Waals surface area contributed by atoms with Crippen LogP contribution in [-0.2, 0) is 9.59 Å². The van der Waals surface area contributed by atoms with Gasteiger partial charge in [0.1, 0.15) is 5.65 Å². The van der Waals surface area contributed by atoms with Crippen molar-refractivity contribution in [2.24, 2.45) is 5.73 Å². The van der Waals surface area contributed by atoms with E-state index < -0.39 is 5.91 Å². The Kier molecular flexibility index (Phi) is 4.11. The van der Waals surface area contributed by atoms with Gasteiger partial charge in [-0.15, -0.1) is 0 Å². The minimum atomic E-state index is -0.527. The summed E-state index contributed by atoms with van der Waals surface area (Å²) in [5, 5.41) is 3.59. The number of carbonyl (C=O) groups excluding carboxylic acids is 2. The highest BCUT2D eigenvalue weighted by atomic mass is 16.1. The Labute approximate surface area is 138 Å². The third-order valence-electron chi connectivity index (χ3n) is 3.56. The van der Waals surface area contributed by atoms with Gasteiger partial charge >= 0.3 is 0 Å². The topological polar surface area (TPSA) is 101 Å². The highest BCUT2D eigenvalue weighted by molar-refractivity contribution is 6.24. The van der Waals surface area contributed by atoms with Crippen molar-refractivity contribution in [1.82, 2.24) is 9.97 Å². The molecule has 0 aliphatic rings. The van der Waals surface area contributed by atoms with Gasteiger partial charge in [-0.2, -0.15) is 0 Å². The Morgan fingerprint density at radius 1 is 1.21 bits per heavy atom. The average Bonchev–Trinajstić information content (AvgIpc) is 2.96. The van der Waals surface area contributed by atoms with Crippen molar-refractivity contribution >= 4 is 40.2 Å². The molecule has 0 atom stereocenters. The van der Waals surface area contributed by atoms with Crippen LogP contribution < -0.4 is 11.1 Å². The molecule has 0 spiro atoms. The number of rotatable bonds is 4. The predicted molar refractivity (Wildman–Crippen MR) is 93.9 cm³/mol. The van der Waals surface area contributed by atoms with Crippen LogP contribution in [0.25, 0.3) is 22.7 Å². The Morgan fingerprint density at radius 2 is 1.96 bits per heavy atom. The van der Waals surface area contributed by atoms with Crippen LogP contribution in [0.1, 0.15) is 18.1 Å². The highest BCUT2D eigenvalue weighted by Gasteiger charge is 2.11. The number of primary amides is 1. The number of pyridine rings is 1. The molecule has 3 rings (SSSR count). The maximum absolute atomic E-state index is 11.9. The molecule has 24 heavy (non-hydrogen) atoms. The SMILES string of the molecule is CC(=O)Nc1ccc(/C(=C/c2c[nH]c3ncccc23)C(N)=O)cc1. The molecule has 0 saturated heterocycles. The summed E-state index contributed by atoms with van der Waals surface area (Å²) in [6.45, 7) is 1.44. The van der Waals surface area contributed by atoms with E-state index in [1.807, 2.05) is 12.1 Å². The number of hydrogen-bond acceptors (Lipinski definition) is 3. The van der Waals surface area contributed by atoms with E-state index in [-0.39, 0.29) is 5.91 Å². The van der Waals surface area contributed by atoms with E-state index in [0.29, 0.717) is 16.8 Å². The van der Waals surface area contributed by atoms with Crippen molar-refractivity contribution in [1.29, 1.82) is 0 Å². The van der Waals surface area contributed by atoms with Gasteiger partial charge in [0.05, 0.1) is 0 Å². The van der Waals surface area contributed by atoms with Crippen molar-refractivity contribution in [3.63, 3.8) is 0 Å². The number of H-pyrrole nitrogens is 1. The number of hydrogen-bond donors (Lipinski definition) is 3. The van der Waals surface area contributed by atoms with Crippen LogP contribution in [0.3, 0.4) is 0 Å². The molecule has 2 aromatic heterocycles. The quantitative estimate of drug-likeness (QED) is 0.644. The number of anilines is 1. The molecule has 2 heterocycles. The number of aromatic amines is 1. The molecular weight excluding hydrogens is 304 g/mol. The van der Waals surface area contributed by atoms with E-state index in [9.17, 15) is 9.59 Å². The fourth-order valence-electron chi connectivity index (χ4n) is 2.49. The number of nitrogens with zero attached hydrogens (tertiary/aromatic N) is 1. The normalized spacial score (nSPS) is 11.5. The first-order chi connectivity index (χ1) is 11.5. The van der Waals surface area contributed by atoms with Crippen molar-refractivity contribution in [2.75, 3.05) is 5.32 Å². The van der Waals surface area contributed by atoms with E-state index in [4.69, 9.17) is 5.73 Å². The number of aromatic nitrogens is 2. The van der Waals surface area contributed by atoms with Crippen molar-refractivity contribution < 1.29 is 9.59 Å². The number of fused-ring (bicyclic) bond motifs is 1. The summed E-state index contributed by atoms with van der Waals surface area (Å²) in [5.41, 5.74) is 8.84. The first kappa shape index (κ1) is 15.5. The van der Waals surface area contributed by atoms with Crippen LogP contribution in [0, 0.1) is 0 Å². The van der Waals surface area contributed by atoms with Gasteiger partial charge in [-0.05, 0) is 35.9 Å². The summed E-state index contributed by atoms with van der Waals surface area (Å²) in [6.07, 6.45) is 5.21. The van der Waals surface area contributed by atoms with Gasteiger partial charge in [-0.1, -0.05) is 12.1 Å². The van der Waals surface area contributed by atoms with Crippen LogP contribution in [-0.4, -0.2) is 21.8 Å². The molecular formula is C18H16N4O2. The molecule has 4 N–H and O–H groups in total. The molecule has 0 unspecified atom stereocenters. The summed E-state index contributed by atoms with van der Waals surface area (Å²) in [7, 11) is 0. The molecule has 0 aliphatic carbocycles. The van der Waals surface area contributed by atoms with Crippen LogP contribution in [0.2, 0.25) is 0 Å². The van der Waals surface area contributed by atoms with E-state index in [2.05, 4.69) is 15.3 Å². The van der Waals surface area contributed by atoms with Crippen molar-refractivity contribution in [3.05, 3.63) is 59.9 Å². The van der Waals surface area contributed by atoms with Gasteiger partial charge in [0, 0.05) is 41.5 Å². The number of nitrogens with one attached hydrogen (secondary N) is 2. The second kappa shape index (κ2) is 6.37. The van der Waals surface area contributed by atoms with Gasteiger partial charge in [-0.3, -0.25) is 9.59 Å². The lowest BCUT2D eigenvalue weighted by molar-refractivity contribution is -0.114. The molecule has 2 amide bonds. The van der Waals surface area contributed by atoms with Crippen LogP contribution in [0.15, 0.2) is 48.8 Å². The molecule has 1 aromatic carbocycles. The zero-order valence-electron chi connectivity index (χ0n) is 13.0. The maximum Gasteiger partial charge on any atom is 0.249 e. The first-order valence-electron chi connectivity index (χ1n) is 7.36. The van der Waals surface area contributed by atoms with Crippen LogP contribution in [0.5, 0.6) is 0 Å². The van der Waals surface area contributed by atoms with Crippen molar-refractivity contribution in [3.8, 4) is 0 Å². The molecule has 0 fully saturated rings. The lowest BCUT2D eigenvalue weighted by atomic mass is 10.0. The van der Waals surface area contributed by atoms with Crippen LogP contribution >= 0.6 is 0 Å². The highest BCUT2D eigenvalue weighted by Crippen LogP contribution is 2.24. The van der Waals surface area contributed by atoms with Gasteiger partial charge in [0.2, 0.25) is 11.8 Å². The number of nitrogens with two attached hydrogens (primary N) is 1. The smallest absolute Gasteiger partial charge is 0.249 e. The van der Waals surface area contributed by atoms with Gasteiger partial charge < -0.3 is 16.0 Å². The average molecular weight is 320 g/mol. The second-order valence-electron chi connectivity index (χ2n) is 5.32. The molecule has 0 bridgehead atoms. The largest absolute Gasteiger partial charge is 0.366 e. The van der Waals surface area contributed by atoms with Gasteiger partial charge in [0.25, 0.3) is 0 Å². The molecule has 0 radical (unpaired) electrons. The Bertz CT molecular complexity index is 939. The van der Waals surface area contributed by atoms with E-state index in [1.165, 1.54) is 6.92 Å². The zero-order chi connectivity index (χ0) is 17.1. The Hall–Kier alpha value is -3.41. The fourth-order valence-corrected chi connectivity index (χ4v) is 2.49. The lowest BCUT2D eigenvalue weighted by Gasteiger charge is -2.06. The lowest BCUT2D eigenvalue weighted by Crippen LogP contribution is -2.13. The molecule has 6 heteroatoms. The number of carbonyl (C=O) groups is 2. The van der Waals surface area contributed by atoms with Crippen LogP contribution in [0.4, 0.5) is 5.69 Å². The predicted octanol–water partition coefficient (Wildman–Crippen LogP) is 2.55. The third kappa shape index (κ3) is 3.17. The second-order valence-corrected chi connectivity index (χ2v) is 5.32. The van der Waals surface area contributed by atoms with Gasteiger partial charge in [0.15, 0.2) is 0 Å². The van der Waals surface area contributed by atoms with Crippen molar-refractivity contribution in [2.45, 2.75) is 6.92 Å². The molecule has 6 nitrogen and oxygen atoms in total. The Balaban J connectivity index is 2.01. The zero-order valence-corrected chi connectivity index (χ0v) is 13.0. The first-order valence-corrected chi connectivity index (χ1v) is 7.36. The van der Waals surface area contributed by atoms with E-state index >= 15 is 0 Å². The Morgan fingerprint density at radius 3 is 2.62 bits per heavy atom. The minimum absolute atomic E-state index is 0.153. The van der Waals surface area contributed by atoms with Gasteiger partial charge in [-0.25, -0.2) is 4.98 Å². The van der Waals surface area contributed by atoms with E-state index in [0.717, 1.165) is 16.6 Å². The molecule has 0 aliphatic heterocycles.